The molecule has 0 spiro atoms. The molecule has 100 valence electrons. The van der Waals surface area contributed by atoms with Crippen LogP contribution in [0.25, 0.3) is 0 Å². The first-order valence-electron chi connectivity index (χ1n) is 7.24. The number of nitrogens with zero attached hydrogens (tertiary/aromatic N) is 1. The molecule has 1 saturated heterocycles. The highest BCUT2D eigenvalue weighted by Gasteiger charge is 2.41. The van der Waals surface area contributed by atoms with Crippen molar-refractivity contribution < 1.29 is 4.79 Å². The maximum Gasteiger partial charge on any atom is 0.242 e. The number of hydrogen-bond acceptors (Lipinski definition) is 2. The van der Waals surface area contributed by atoms with Gasteiger partial charge in [0.1, 0.15) is 0 Å². The third-order valence-corrected chi connectivity index (χ3v) is 3.60. The van der Waals surface area contributed by atoms with Crippen LogP contribution < -0.4 is 5.32 Å². The zero-order valence-corrected chi connectivity index (χ0v) is 11.7. The van der Waals surface area contributed by atoms with Crippen LogP contribution in [0.15, 0.2) is 0 Å². The van der Waals surface area contributed by atoms with E-state index in [1.807, 2.05) is 0 Å². The Labute approximate surface area is 106 Å². The molecule has 1 amide bonds. The second kappa shape index (κ2) is 7.00. The standard InChI is InChI=1S/C14H28N2O/c1-4-8-14(9-7-10-15-14)13(17)16(11-5-2)12-6-3/h15H,4-12H2,1-3H3. The number of hydrogen-bond donors (Lipinski definition) is 1. The van der Waals surface area contributed by atoms with Crippen molar-refractivity contribution in [3.63, 3.8) is 0 Å². The highest BCUT2D eigenvalue weighted by molar-refractivity contribution is 5.86. The molecule has 1 atom stereocenters. The second-order valence-electron chi connectivity index (χ2n) is 5.15. The summed E-state index contributed by atoms with van der Waals surface area (Å²) in [6.07, 6.45) is 6.31. The molecule has 17 heavy (non-hydrogen) atoms. The van der Waals surface area contributed by atoms with Crippen LogP contribution in [0.2, 0.25) is 0 Å². The van der Waals surface area contributed by atoms with E-state index in [0.717, 1.165) is 58.2 Å². The topological polar surface area (TPSA) is 32.3 Å². The van der Waals surface area contributed by atoms with Gasteiger partial charge in [0.05, 0.1) is 5.54 Å². The zero-order chi connectivity index (χ0) is 12.7. The average molecular weight is 240 g/mol. The second-order valence-corrected chi connectivity index (χ2v) is 5.15. The molecule has 0 aromatic rings. The fourth-order valence-corrected chi connectivity index (χ4v) is 2.89. The predicted octanol–water partition coefficient (Wildman–Crippen LogP) is 2.56. The van der Waals surface area contributed by atoms with Crippen LogP contribution in [-0.2, 0) is 4.79 Å². The van der Waals surface area contributed by atoms with Gasteiger partial charge < -0.3 is 10.2 Å². The summed E-state index contributed by atoms with van der Waals surface area (Å²) >= 11 is 0. The third-order valence-electron chi connectivity index (χ3n) is 3.60. The Balaban J connectivity index is 2.73. The molecular formula is C14H28N2O. The third kappa shape index (κ3) is 3.44. The number of rotatable bonds is 7. The summed E-state index contributed by atoms with van der Waals surface area (Å²) in [5, 5.41) is 3.48. The normalized spacial score (nSPS) is 23.9. The van der Waals surface area contributed by atoms with Gasteiger partial charge >= 0.3 is 0 Å². The summed E-state index contributed by atoms with van der Waals surface area (Å²) in [6, 6.07) is 0. The van der Waals surface area contributed by atoms with E-state index in [2.05, 4.69) is 31.0 Å². The van der Waals surface area contributed by atoms with E-state index in [1.165, 1.54) is 0 Å². The monoisotopic (exact) mass is 240 g/mol. The SMILES string of the molecule is CCCN(CCC)C(=O)C1(CCC)CCCN1. The van der Waals surface area contributed by atoms with Gasteiger partial charge in [-0.15, -0.1) is 0 Å². The summed E-state index contributed by atoms with van der Waals surface area (Å²) in [7, 11) is 0. The van der Waals surface area contributed by atoms with Gasteiger partial charge in [-0.2, -0.15) is 0 Å². The van der Waals surface area contributed by atoms with Gasteiger partial charge in [0.2, 0.25) is 5.91 Å². The molecule has 1 rings (SSSR count). The van der Waals surface area contributed by atoms with Crippen LogP contribution in [-0.4, -0.2) is 36.0 Å². The lowest BCUT2D eigenvalue weighted by atomic mass is 9.90. The van der Waals surface area contributed by atoms with Crippen LogP contribution in [0.1, 0.15) is 59.3 Å². The smallest absolute Gasteiger partial charge is 0.242 e. The molecule has 1 unspecified atom stereocenters. The molecule has 1 aliphatic heterocycles. The summed E-state index contributed by atoms with van der Waals surface area (Å²) in [5.74, 6) is 0.348. The highest BCUT2D eigenvalue weighted by Crippen LogP contribution is 2.27. The quantitative estimate of drug-likeness (QED) is 0.742. The number of amides is 1. The van der Waals surface area contributed by atoms with Gasteiger partial charge in [0.15, 0.2) is 0 Å². The van der Waals surface area contributed by atoms with Crippen molar-refractivity contribution in [3.8, 4) is 0 Å². The molecule has 0 aromatic carbocycles. The first kappa shape index (κ1) is 14.5. The zero-order valence-electron chi connectivity index (χ0n) is 11.7. The minimum atomic E-state index is -0.237. The number of carbonyl (C=O) groups is 1. The molecular weight excluding hydrogens is 212 g/mol. The van der Waals surface area contributed by atoms with E-state index in [-0.39, 0.29) is 5.54 Å². The van der Waals surface area contributed by atoms with Crippen LogP contribution in [0.3, 0.4) is 0 Å². The van der Waals surface area contributed by atoms with Gasteiger partial charge in [0, 0.05) is 13.1 Å². The van der Waals surface area contributed by atoms with E-state index in [4.69, 9.17) is 0 Å². The fraction of sp³-hybridized carbons (Fsp3) is 0.929. The van der Waals surface area contributed by atoms with Crippen molar-refractivity contribution in [2.24, 2.45) is 0 Å². The summed E-state index contributed by atoms with van der Waals surface area (Å²) < 4.78 is 0. The Bertz CT molecular complexity index is 228. The van der Waals surface area contributed by atoms with Crippen molar-refractivity contribution >= 4 is 5.91 Å². The first-order valence-corrected chi connectivity index (χ1v) is 7.24. The van der Waals surface area contributed by atoms with Crippen molar-refractivity contribution in [2.75, 3.05) is 19.6 Å². The average Bonchev–Trinajstić information content (AvgIpc) is 2.78. The maximum absolute atomic E-state index is 12.7. The Morgan fingerprint density at radius 2 is 1.82 bits per heavy atom. The number of nitrogens with one attached hydrogen (secondary N) is 1. The molecule has 1 N–H and O–H groups in total. The molecule has 1 fully saturated rings. The Morgan fingerprint density at radius 3 is 2.24 bits per heavy atom. The van der Waals surface area contributed by atoms with Crippen LogP contribution in [0, 0.1) is 0 Å². The minimum Gasteiger partial charge on any atom is -0.341 e. The Morgan fingerprint density at radius 1 is 1.18 bits per heavy atom. The van der Waals surface area contributed by atoms with Gasteiger partial charge in [-0.3, -0.25) is 4.79 Å². The lowest BCUT2D eigenvalue weighted by Crippen LogP contribution is -2.55. The minimum absolute atomic E-state index is 0.237. The summed E-state index contributed by atoms with van der Waals surface area (Å²) in [5.41, 5.74) is -0.237. The van der Waals surface area contributed by atoms with E-state index < -0.39 is 0 Å². The molecule has 0 aliphatic carbocycles. The highest BCUT2D eigenvalue weighted by atomic mass is 16.2. The van der Waals surface area contributed by atoms with Crippen LogP contribution >= 0.6 is 0 Å². The lowest BCUT2D eigenvalue weighted by Gasteiger charge is -2.34. The molecule has 0 radical (unpaired) electrons. The Hall–Kier alpha value is -0.570. The first-order chi connectivity index (χ1) is 8.20. The summed E-state index contributed by atoms with van der Waals surface area (Å²) in [4.78, 5) is 14.8. The van der Waals surface area contributed by atoms with Gasteiger partial charge in [-0.1, -0.05) is 27.2 Å². The Kier molecular flexibility index (Phi) is 5.96. The predicted molar refractivity (Wildman–Crippen MR) is 72.0 cm³/mol. The van der Waals surface area contributed by atoms with Gasteiger partial charge in [-0.05, 0) is 38.6 Å². The van der Waals surface area contributed by atoms with Crippen molar-refractivity contribution in [2.45, 2.75) is 64.8 Å². The summed E-state index contributed by atoms with van der Waals surface area (Å²) in [6.45, 7) is 9.26. The molecule has 3 heteroatoms. The molecule has 3 nitrogen and oxygen atoms in total. The maximum atomic E-state index is 12.7. The number of carbonyl (C=O) groups excluding carboxylic acids is 1. The van der Waals surface area contributed by atoms with Gasteiger partial charge in [-0.25, -0.2) is 0 Å². The van der Waals surface area contributed by atoms with Crippen molar-refractivity contribution in [3.05, 3.63) is 0 Å². The van der Waals surface area contributed by atoms with Crippen molar-refractivity contribution in [1.82, 2.24) is 10.2 Å². The van der Waals surface area contributed by atoms with E-state index in [1.54, 1.807) is 0 Å². The van der Waals surface area contributed by atoms with Crippen LogP contribution in [0.4, 0.5) is 0 Å². The van der Waals surface area contributed by atoms with E-state index in [0.29, 0.717) is 5.91 Å². The van der Waals surface area contributed by atoms with Crippen LogP contribution in [0.5, 0.6) is 0 Å². The van der Waals surface area contributed by atoms with E-state index >= 15 is 0 Å². The fourth-order valence-electron chi connectivity index (χ4n) is 2.89. The molecule has 1 aliphatic rings. The van der Waals surface area contributed by atoms with Crippen molar-refractivity contribution in [1.29, 1.82) is 0 Å². The largest absolute Gasteiger partial charge is 0.341 e. The van der Waals surface area contributed by atoms with E-state index in [9.17, 15) is 4.79 Å². The molecule has 0 bridgehead atoms. The molecule has 0 saturated carbocycles. The molecule has 1 heterocycles. The molecule has 0 aromatic heterocycles. The van der Waals surface area contributed by atoms with Gasteiger partial charge in [0.25, 0.3) is 0 Å². The lowest BCUT2D eigenvalue weighted by molar-refractivity contribution is -0.138.